The smallest absolute Gasteiger partial charge is 0.126 e. The first kappa shape index (κ1) is 16.2. The molecule has 2 nitrogen and oxygen atoms in total. The Bertz CT molecular complexity index is 680. The van der Waals surface area contributed by atoms with Gasteiger partial charge in [-0.3, -0.25) is 0 Å². The summed E-state index contributed by atoms with van der Waals surface area (Å²) in [4.78, 5) is 0. The van der Waals surface area contributed by atoms with Crippen LogP contribution in [0.15, 0.2) is 30.3 Å². The number of phenols is 2. The maximum absolute atomic E-state index is 10.5. The molecular weight excluding hydrogens is 272 g/mol. The van der Waals surface area contributed by atoms with Gasteiger partial charge in [-0.25, -0.2) is 0 Å². The van der Waals surface area contributed by atoms with Gasteiger partial charge in [-0.15, -0.1) is 0 Å². The van der Waals surface area contributed by atoms with E-state index < -0.39 is 0 Å². The van der Waals surface area contributed by atoms with Gasteiger partial charge >= 0.3 is 0 Å². The number of allylic oxidation sites excluding steroid dienone is 1. The lowest BCUT2D eigenvalue weighted by molar-refractivity contribution is 0.466. The van der Waals surface area contributed by atoms with Crippen LogP contribution in [0.25, 0.3) is 5.57 Å². The van der Waals surface area contributed by atoms with Crippen molar-refractivity contribution in [3.05, 3.63) is 63.7 Å². The lowest BCUT2D eigenvalue weighted by Gasteiger charge is -2.16. The molecule has 0 heterocycles. The normalized spacial score (nSPS) is 10.6. The lowest BCUT2D eigenvalue weighted by Crippen LogP contribution is -1.95. The van der Waals surface area contributed by atoms with Crippen LogP contribution in [0.5, 0.6) is 11.5 Å². The van der Waals surface area contributed by atoms with Crippen LogP contribution in [0.1, 0.15) is 46.7 Å². The molecular formula is C20H24O2. The third kappa shape index (κ3) is 3.01. The molecule has 2 aromatic carbocycles. The fraction of sp³-hybridized carbons (Fsp3) is 0.300. The van der Waals surface area contributed by atoms with Crippen molar-refractivity contribution in [2.45, 2.75) is 41.0 Å². The molecule has 0 aromatic heterocycles. The molecule has 2 rings (SSSR count). The van der Waals surface area contributed by atoms with E-state index in [-0.39, 0.29) is 11.5 Å². The second-order valence-corrected chi connectivity index (χ2v) is 5.98. The van der Waals surface area contributed by atoms with Crippen molar-refractivity contribution in [3.63, 3.8) is 0 Å². The minimum absolute atomic E-state index is 0.281. The zero-order chi connectivity index (χ0) is 16.4. The van der Waals surface area contributed by atoms with Gasteiger partial charge in [-0.1, -0.05) is 25.1 Å². The van der Waals surface area contributed by atoms with Gasteiger partial charge < -0.3 is 10.2 Å². The number of aromatic hydroxyl groups is 2. The fourth-order valence-corrected chi connectivity index (χ4v) is 2.90. The van der Waals surface area contributed by atoms with Crippen LogP contribution in [0.4, 0.5) is 0 Å². The molecule has 0 aliphatic heterocycles. The Kier molecular flexibility index (Phi) is 4.60. The van der Waals surface area contributed by atoms with Gasteiger partial charge in [0.1, 0.15) is 11.5 Å². The Hall–Kier alpha value is -2.22. The third-order valence-electron chi connectivity index (χ3n) is 3.88. The number of hydrogen-bond acceptors (Lipinski definition) is 2. The number of benzene rings is 2. The van der Waals surface area contributed by atoms with Crippen molar-refractivity contribution in [1.29, 1.82) is 0 Å². The van der Waals surface area contributed by atoms with Crippen LogP contribution < -0.4 is 0 Å². The summed E-state index contributed by atoms with van der Waals surface area (Å²) in [6.07, 6.45) is 2.88. The van der Waals surface area contributed by atoms with Gasteiger partial charge in [0, 0.05) is 11.1 Å². The SMILES string of the molecule is CCC=C(c1cc(C)cc(C)c1O)c1cc(C)cc(C)c1O. The first-order valence-corrected chi connectivity index (χ1v) is 7.66. The standard InChI is InChI=1S/C20H24O2/c1-6-7-16(17-10-12(2)8-14(4)19(17)21)18-11-13(3)9-15(5)20(18)22/h7-11,21-22H,6H2,1-5H3. The molecule has 22 heavy (non-hydrogen) atoms. The van der Waals surface area contributed by atoms with E-state index in [1.54, 1.807) is 0 Å². The Morgan fingerprint density at radius 3 is 1.59 bits per heavy atom. The molecule has 0 amide bonds. The summed E-state index contributed by atoms with van der Waals surface area (Å²) in [6.45, 7) is 9.88. The Morgan fingerprint density at radius 2 is 1.23 bits per heavy atom. The van der Waals surface area contributed by atoms with E-state index in [1.807, 2.05) is 52.0 Å². The van der Waals surface area contributed by atoms with Crippen LogP contribution in [0.3, 0.4) is 0 Å². The summed E-state index contributed by atoms with van der Waals surface area (Å²) >= 11 is 0. The van der Waals surface area contributed by atoms with Crippen molar-refractivity contribution < 1.29 is 10.2 Å². The van der Waals surface area contributed by atoms with Gasteiger partial charge in [-0.05, 0) is 74.1 Å². The van der Waals surface area contributed by atoms with E-state index in [0.29, 0.717) is 0 Å². The average molecular weight is 296 g/mol. The molecule has 0 aliphatic rings. The third-order valence-corrected chi connectivity index (χ3v) is 3.88. The lowest BCUT2D eigenvalue weighted by atomic mass is 9.90. The highest BCUT2D eigenvalue weighted by atomic mass is 16.3. The van der Waals surface area contributed by atoms with E-state index in [2.05, 4.69) is 13.0 Å². The second kappa shape index (κ2) is 6.27. The predicted molar refractivity (Wildman–Crippen MR) is 92.5 cm³/mol. The number of phenolic OH excluding ortho intramolecular Hbond substituents is 2. The maximum Gasteiger partial charge on any atom is 0.126 e. The molecule has 0 saturated heterocycles. The minimum atomic E-state index is 0.281. The summed E-state index contributed by atoms with van der Waals surface area (Å²) in [6, 6.07) is 7.87. The molecule has 0 bridgehead atoms. The summed E-state index contributed by atoms with van der Waals surface area (Å²) in [5.41, 5.74) is 6.32. The van der Waals surface area contributed by atoms with E-state index in [4.69, 9.17) is 0 Å². The zero-order valence-electron chi connectivity index (χ0n) is 14.0. The van der Waals surface area contributed by atoms with Crippen LogP contribution in [-0.4, -0.2) is 10.2 Å². The number of rotatable bonds is 3. The molecule has 2 heteroatoms. The largest absolute Gasteiger partial charge is 0.507 e. The highest BCUT2D eigenvalue weighted by molar-refractivity contribution is 5.86. The zero-order valence-corrected chi connectivity index (χ0v) is 14.0. The maximum atomic E-state index is 10.5. The molecule has 0 unspecified atom stereocenters. The average Bonchev–Trinajstić information content (AvgIpc) is 2.44. The molecule has 2 aromatic rings. The first-order valence-electron chi connectivity index (χ1n) is 7.66. The Balaban J connectivity index is 2.76. The molecule has 116 valence electrons. The van der Waals surface area contributed by atoms with Gasteiger partial charge in [-0.2, -0.15) is 0 Å². The van der Waals surface area contributed by atoms with Crippen LogP contribution >= 0.6 is 0 Å². The Labute approximate surface area is 132 Å². The number of aryl methyl sites for hydroxylation is 4. The predicted octanol–water partition coefficient (Wildman–Crippen LogP) is 5.17. The van der Waals surface area contributed by atoms with Gasteiger partial charge in [0.05, 0.1) is 0 Å². The van der Waals surface area contributed by atoms with Crippen molar-refractivity contribution in [2.75, 3.05) is 0 Å². The first-order chi connectivity index (χ1) is 10.3. The van der Waals surface area contributed by atoms with Crippen molar-refractivity contribution >= 4 is 5.57 Å². The molecule has 0 atom stereocenters. The fourth-order valence-electron chi connectivity index (χ4n) is 2.90. The molecule has 0 radical (unpaired) electrons. The summed E-state index contributed by atoms with van der Waals surface area (Å²) in [7, 11) is 0. The summed E-state index contributed by atoms with van der Waals surface area (Å²) < 4.78 is 0. The summed E-state index contributed by atoms with van der Waals surface area (Å²) in [5, 5.41) is 21.0. The minimum Gasteiger partial charge on any atom is -0.507 e. The number of hydrogen-bond donors (Lipinski definition) is 2. The van der Waals surface area contributed by atoms with Gasteiger partial charge in [0.25, 0.3) is 0 Å². The molecule has 0 aliphatic carbocycles. The molecule has 0 spiro atoms. The molecule has 0 saturated carbocycles. The summed E-state index contributed by atoms with van der Waals surface area (Å²) in [5.74, 6) is 0.563. The monoisotopic (exact) mass is 296 g/mol. The topological polar surface area (TPSA) is 40.5 Å². The quantitative estimate of drug-likeness (QED) is 0.820. The van der Waals surface area contributed by atoms with Crippen LogP contribution in [-0.2, 0) is 0 Å². The van der Waals surface area contributed by atoms with E-state index in [0.717, 1.165) is 45.4 Å². The van der Waals surface area contributed by atoms with Crippen molar-refractivity contribution in [2.24, 2.45) is 0 Å². The van der Waals surface area contributed by atoms with E-state index in [9.17, 15) is 10.2 Å². The van der Waals surface area contributed by atoms with E-state index in [1.165, 1.54) is 0 Å². The molecule has 2 N–H and O–H groups in total. The molecule has 0 fully saturated rings. The van der Waals surface area contributed by atoms with Crippen LogP contribution in [0.2, 0.25) is 0 Å². The van der Waals surface area contributed by atoms with Gasteiger partial charge in [0.15, 0.2) is 0 Å². The van der Waals surface area contributed by atoms with E-state index >= 15 is 0 Å². The second-order valence-electron chi connectivity index (χ2n) is 5.98. The Morgan fingerprint density at radius 1 is 0.818 bits per heavy atom. The van der Waals surface area contributed by atoms with Crippen molar-refractivity contribution in [3.8, 4) is 11.5 Å². The van der Waals surface area contributed by atoms with Crippen LogP contribution in [0, 0.1) is 27.7 Å². The van der Waals surface area contributed by atoms with Crippen molar-refractivity contribution in [1.82, 2.24) is 0 Å². The highest BCUT2D eigenvalue weighted by Gasteiger charge is 2.16. The van der Waals surface area contributed by atoms with Gasteiger partial charge in [0.2, 0.25) is 0 Å². The highest BCUT2D eigenvalue weighted by Crippen LogP contribution is 2.39.